The summed E-state index contributed by atoms with van der Waals surface area (Å²) in [5, 5.41) is 9.50. The van der Waals surface area contributed by atoms with E-state index < -0.39 is 6.04 Å². The van der Waals surface area contributed by atoms with Crippen molar-refractivity contribution >= 4 is 40.4 Å². The zero-order valence-corrected chi connectivity index (χ0v) is 19.1. The van der Waals surface area contributed by atoms with Gasteiger partial charge in [0.2, 0.25) is 11.8 Å². The Bertz CT molecular complexity index is 1010. The standard InChI is InChI=1S/C23H25N3O4S2/c27-20(14-24-22(28)19-10-5-13-32-19)26(15-17-8-3-11-30-17)21(18-9-4-12-31-18)23(29)25-16-6-1-2-7-16/h3-5,8-13,16,21H,1-2,6-7,14-15H2,(H,24,28)(H,25,29)/t21-/m0/s1. The molecule has 1 fully saturated rings. The molecule has 3 heterocycles. The molecule has 32 heavy (non-hydrogen) atoms. The third-order valence-electron chi connectivity index (χ3n) is 5.45. The van der Waals surface area contributed by atoms with Gasteiger partial charge in [0, 0.05) is 10.9 Å². The topological polar surface area (TPSA) is 91.7 Å². The van der Waals surface area contributed by atoms with Crippen molar-refractivity contribution in [2.75, 3.05) is 6.54 Å². The smallest absolute Gasteiger partial charge is 0.261 e. The van der Waals surface area contributed by atoms with E-state index in [9.17, 15) is 14.4 Å². The fourth-order valence-electron chi connectivity index (χ4n) is 3.87. The normalized spacial score (nSPS) is 14.8. The highest BCUT2D eigenvalue weighted by atomic mass is 32.1. The van der Waals surface area contributed by atoms with Crippen LogP contribution in [0, 0.1) is 0 Å². The van der Waals surface area contributed by atoms with Crippen molar-refractivity contribution in [1.82, 2.24) is 15.5 Å². The van der Waals surface area contributed by atoms with Gasteiger partial charge < -0.3 is 20.0 Å². The summed E-state index contributed by atoms with van der Waals surface area (Å²) in [7, 11) is 0. The van der Waals surface area contributed by atoms with Crippen molar-refractivity contribution < 1.29 is 18.8 Å². The van der Waals surface area contributed by atoms with Crippen LogP contribution in [0.4, 0.5) is 0 Å². The molecule has 3 amide bonds. The summed E-state index contributed by atoms with van der Waals surface area (Å²) in [6.45, 7) is -0.0859. The van der Waals surface area contributed by atoms with Crippen molar-refractivity contribution in [3.8, 4) is 0 Å². The van der Waals surface area contributed by atoms with Gasteiger partial charge in [-0.05, 0) is 47.9 Å². The highest BCUT2D eigenvalue weighted by Gasteiger charge is 2.34. The summed E-state index contributed by atoms with van der Waals surface area (Å²) < 4.78 is 5.47. The van der Waals surface area contributed by atoms with E-state index in [1.165, 1.54) is 33.8 Å². The molecule has 1 aliphatic carbocycles. The van der Waals surface area contributed by atoms with Crippen LogP contribution in [-0.2, 0) is 16.1 Å². The van der Waals surface area contributed by atoms with Gasteiger partial charge in [-0.15, -0.1) is 22.7 Å². The maximum atomic E-state index is 13.4. The molecular weight excluding hydrogens is 446 g/mol. The highest BCUT2D eigenvalue weighted by molar-refractivity contribution is 7.12. The molecule has 0 bridgehead atoms. The van der Waals surface area contributed by atoms with Gasteiger partial charge in [-0.2, -0.15) is 0 Å². The van der Waals surface area contributed by atoms with E-state index in [1.807, 2.05) is 17.5 Å². The molecule has 2 N–H and O–H groups in total. The Hall–Kier alpha value is -2.91. The van der Waals surface area contributed by atoms with Crippen molar-refractivity contribution in [2.45, 2.75) is 44.3 Å². The lowest BCUT2D eigenvalue weighted by molar-refractivity contribution is -0.141. The van der Waals surface area contributed by atoms with E-state index in [4.69, 9.17) is 4.42 Å². The van der Waals surface area contributed by atoms with Crippen LogP contribution in [0.5, 0.6) is 0 Å². The van der Waals surface area contributed by atoms with Gasteiger partial charge in [0.05, 0.1) is 24.2 Å². The lowest BCUT2D eigenvalue weighted by Crippen LogP contribution is -2.48. The monoisotopic (exact) mass is 471 g/mol. The minimum Gasteiger partial charge on any atom is -0.467 e. The predicted molar refractivity (Wildman–Crippen MR) is 123 cm³/mol. The van der Waals surface area contributed by atoms with Gasteiger partial charge >= 0.3 is 0 Å². The lowest BCUT2D eigenvalue weighted by Gasteiger charge is -2.31. The average Bonchev–Trinajstić information content (AvgIpc) is 3.59. The largest absolute Gasteiger partial charge is 0.467 e. The molecule has 0 unspecified atom stereocenters. The van der Waals surface area contributed by atoms with Crippen LogP contribution in [0.25, 0.3) is 0 Å². The van der Waals surface area contributed by atoms with Crippen LogP contribution >= 0.6 is 22.7 Å². The molecule has 0 aliphatic heterocycles. The zero-order chi connectivity index (χ0) is 22.3. The third-order valence-corrected chi connectivity index (χ3v) is 7.24. The Kier molecular flexibility index (Phi) is 7.39. The first-order valence-corrected chi connectivity index (χ1v) is 12.3. The summed E-state index contributed by atoms with van der Waals surface area (Å²) in [6, 6.07) is 10.1. The summed E-state index contributed by atoms with van der Waals surface area (Å²) in [5.74, 6) is -0.303. The zero-order valence-electron chi connectivity index (χ0n) is 17.5. The van der Waals surface area contributed by atoms with Crippen LogP contribution in [-0.4, -0.2) is 35.2 Å². The molecule has 1 saturated carbocycles. The number of nitrogens with zero attached hydrogens (tertiary/aromatic N) is 1. The Morgan fingerprint density at radius 3 is 2.50 bits per heavy atom. The Morgan fingerprint density at radius 1 is 1.06 bits per heavy atom. The van der Waals surface area contributed by atoms with Crippen LogP contribution < -0.4 is 10.6 Å². The van der Waals surface area contributed by atoms with E-state index in [1.54, 1.807) is 29.6 Å². The molecule has 0 aromatic carbocycles. The van der Waals surface area contributed by atoms with Gasteiger partial charge in [0.1, 0.15) is 11.8 Å². The average molecular weight is 472 g/mol. The van der Waals surface area contributed by atoms with Crippen molar-refractivity contribution in [3.05, 3.63) is 68.9 Å². The van der Waals surface area contributed by atoms with E-state index >= 15 is 0 Å². The molecule has 0 saturated heterocycles. The van der Waals surface area contributed by atoms with Crippen LogP contribution in [0.3, 0.4) is 0 Å². The lowest BCUT2D eigenvalue weighted by atomic mass is 10.1. The van der Waals surface area contributed by atoms with E-state index in [2.05, 4.69) is 10.6 Å². The van der Waals surface area contributed by atoms with Crippen molar-refractivity contribution in [1.29, 1.82) is 0 Å². The molecule has 0 radical (unpaired) electrons. The minimum atomic E-state index is -0.799. The molecule has 0 spiro atoms. The molecule has 7 nitrogen and oxygen atoms in total. The molecule has 9 heteroatoms. The van der Waals surface area contributed by atoms with Crippen molar-refractivity contribution in [3.63, 3.8) is 0 Å². The van der Waals surface area contributed by atoms with Gasteiger partial charge in [-0.1, -0.05) is 25.0 Å². The summed E-state index contributed by atoms with van der Waals surface area (Å²) in [4.78, 5) is 41.8. The van der Waals surface area contributed by atoms with E-state index in [0.29, 0.717) is 10.6 Å². The van der Waals surface area contributed by atoms with Gasteiger partial charge in [-0.25, -0.2) is 0 Å². The van der Waals surface area contributed by atoms with Crippen LogP contribution in [0.15, 0.2) is 57.8 Å². The molecule has 1 atom stereocenters. The van der Waals surface area contributed by atoms with Crippen LogP contribution in [0.1, 0.15) is 52.0 Å². The Balaban J connectivity index is 1.55. The minimum absolute atomic E-state index is 0.126. The molecule has 1 aliphatic rings. The molecule has 3 aromatic heterocycles. The number of nitrogens with one attached hydrogen (secondary N) is 2. The maximum absolute atomic E-state index is 13.4. The fourth-order valence-corrected chi connectivity index (χ4v) is 5.34. The Morgan fingerprint density at radius 2 is 1.84 bits per heavy atom. The highest BCUT2D eigenvalue weighted by Crippen LogP contribution is 2.29. The number of furan rings is 1. The SMILES string of the molecule is O=C(NCC(=O)N(Cc1ccco1)[C@H](C(=O)NC1CCCC1)c1cccs1)c1cccs1. The summed E-state index contributed by atoms with van der Waals surface area (Å²) in [6.07, 6.45) is 5.63. The number of hydrogen-bond acceptors (Lipinski definition) is 6. The van der Waals surface area contributed by atoms with Crippen LogP contribution in [0.2, 0.25) is 0 Å². The molecule has 168 valence electrons. The summed E-state index contributed by atoms with van der Waals surface area (Å²) >= 11 is 2.73. The van der Waals surface area contributed by atoms with Gasteiger partial charge in [0.25, 0.3) is 5.91 Å². The number of hydrogen-bond donors (Lipinski definition) is 2. The molecule has 4 rings (SSSR count). The van der Waals surface area contributed by atoms with Gasteiger partial charge in [0.15, 0.2) is 0 Å². The number of carbonyl (C=O) groups is 3. The number of thiophene rings is 2. The summed E-state index contributed by atoms with van der Waals surface area (Å²) in [5.41, 5.74) is 0. The van der Waals surface area contributed by atoms with Crippen molar-refractivity contribution in [2.24, 2.45) is 0 Å². The second-order valence-electron chi connectivity index (χ2n) is 7.67. The van der Waals surface area contributed by atoms with E-state index in [0.717, 1.165) is 30.6 Å². The van der Waals surface area contributed by atoms with E-state index in [-0.39, 0.29) is 36.9 Å². The Labute approximate surface area is 194 Å². The number of carbonyl (C=O) groups excluding carboxylic acids is 3. The number of amides is 3. The molecule has 3 aromatic rings. The fraction of sp³-hybridized carbons (Fsp3) is 0.348. The first-order valence-electron chi connectivity index (χ1n) is 10.6. The number of rotatable bonds is 9. The second-order valence-corrected chi connectivity index (χ2v) is 9.60. The first-order chi connectivity index (χ1) is 15.6. The maximum Gasteiger partial charge on any atom is 0.261 e. The first kappa shape index (κ1) is 22.3. The predicted octanol–water partition coefficient (Wildman–Crippen LogP) is 3.96. The quantitative estimate of drug-likeness (QED) is 0.494. The van der Waals surface area contributed by atoms with Gasteiger partial charge in [-0.3, -0.25) is 14.4 Å². The third kappa shape index (κ3) is 5.46. The second kappa shape index (κ2) is 10.6. The molecular formula is C23H25N3O4S2.